The van der Waals surface area contributed by atoms with Gasteiger partial charge in [-0.25, -0.2) is 0 Å². The Kier molecular flexibility index (Phi) is 6.91. The molecule has 2 aliphatic rings. The zero-order valence-corrected chi connectivity index (χ0v) is 21.1. The highest BCUT2D eigenvalue weighted by molar-refractivity contribution is 6.06. The third-order valence-electron chi connectivity index (χ3n) is 7.00. The molecule has 9 nitrogen and oxygen atoms in total. The van der Waals surface area contributed by atoms with Crippen LogP contribution in [0.3, 0.4) is 0 Å². The molecule has 9 heteroatoms. The number of hydrogen-bond donors (Lipinski definition) is 2. The van der Waals surface area contributed by atoms with E-state index in [1.807, 2.05) is 30.3 Å². The summed E-state index contributed by atoms with van der Waals surface area (Å²) in [7, 11) is 3.14. The number of amides is 1. The van der Waals surface area contributed by atoms with Crippen molar-refractivity contribution in [1.82, 2.24) is 0 Å². The summed E-state index contributed by atoms with van der Waals surface area (Å²) in [6.45, 7) is 0. The summed E-state index contributed by atoms with van der Waals surface area (Å²) in [6, 6.07) is 15.5. The second kappa shape index (κ2) is 10.5. The number of para-hydroxylation sites is 2. The van der Waals surface area contributed by atoms with Crippen molar-refractivity contribution in [2.24, 2.45) is 0 Å². The maximum atomic E-state index is 13.9. The van der Waals surface area contributed by atoms with E-state index >= 15 is 0 Å². The Morgan fingerprint density at radius 1 is 1.03 bits per heavy atom. The van der Waals surface area contributed by atoms with Crippen LogP contribution in [0.2, 0.25) is 0 Å². The number of allylic oxidation sites excluding steroid dienone is 1. The van der Waals surface area contributed by atoms with Gasteiger partial charge in [-0.1, -0.05) is 18.2 Å². The maximum absolute atomic E-state index is 13.9. The number of hydrogen-bond acceptors (Lipinski definition) is 7. The average molecular weight is 517 g/mol. The van der Waals surface area contributed by atoms with Crippen LogP contribution < -0.4 is 19.7 Å². The molecule has 1 aromatic heterocycles. The Morgan fingerprint density at radius 3 is 2.53 bits per heavy atom. The van der Waals surface area contributed by atoms with Gasteiger partial charge in [0.1, 0.15) is 11.8 Å². The van der Waals surface area contributed by atoms with E-state index in [9.17, 15) is 19.5 Å². The molecule has 1 amide bonds. The molecule has 5 rings (SSSR count). The minimum absolute atomic E-state index is 0.122. The first-order chi connectivity index (χ1) is 18.4. The molecule has 2 heterocycles. The van der Waals surface area contributed by atoms with Gasteiger partial charge in [-0.15, -0.1) is 0 Å². The van der Waals surface area contributed by atoms with E-state index in [0.29, 0.717) is 46.3 Å². The monoisotopic (exact) mass is 516 g/mol. The first kappa shape index (κ1) is 25.1. The molecule has 0 fully saturated rings. The lowest BCUT2D eigenvalue weighted by atomic mass is 9.79. The van der Waals surface area contributed by atoms with E-state index in [-0.39, 0.29) is 31.0 Å². The van der Waals surface area contributed by atoms with E-state index < -0.39 is 17.9 Å². The first-order valence-corrected chi connectivity index (χ1v) is 12.3. The molecule has 0 bridgehead atoms. The molecule has 0 saturated heterocycles. The Hall–Kier alpha value is -4.53. The number of anilines is 2. The number of ketones is 1. The summed E-state index contributed by atoms with van der Waals surface area (Å²) in [5.74, 6) is -0.117. The second-order valence-electron chi connectivity index (χ2n) is 9.25. The minimum Gasteiger partial charge on any atom is -0.493 e. The topological polar surface area (TPSA) is 118 Å². The summed E-state index contributed by atoms with van der Waals surface area (Å²) < 4.78 is 16.6. The molecule has 0 spiro atoms. The number of rotatable bonds is 7. The highest BCUT2D eigenvalue weighted by Gasteiger charge is 2.42. The van der Waals surface area contributed by atoms with Gasteiger partial charge in [0.15, 0.2) is 17.3 Å². The number of methoxy groups -OCH3 is 2. The number of Topliss-reactive ketones (excluding diaryl/α,β-unsaturated/α-hetero) is 1. The second-order valence-corrected chi connectivity index (χ2v) is 9.25. The average Bonchev–Trinajstić information content (AvgIpc) is 3.40. The fourth-order valence-corrected chi connectivity index (χ4v) is 5.26. The smallest absolute Gasteiger partial charge is 0.303 e. The van der Waals surface area contributed by atoms with Crippen LogP contribution in [0.1, 0.15) is 49.0 Å². The lowest BCUT2D eigenvalue weighted by Gasteiger charge is -2.33. The summed E-state index contributed by atoms with van der Waals surface area (Å²) in [4.78, 5) is 40.2. The largest absolute Gasteiger partial charge is 0.493 e. The van der Waals surface area contributed by atoms with Gasteiger partial charge in [-0.2, -0.15) is 0 Å². The number of furan rings is 1. The maximum Gasteiger partial charge on any atom is 0.303 e. The Bertz CT molecular complexity index is 1410. The third kappa shape index (κ3) is 4.63. The predicted molar refractivity (Wildman–Crippen MR) is 139 cm³/mol. The minimum atomic E-state index is -1.07. The molecule has 1 aliphatic carbocycles. The molecule has 0 saturated carbocycles. The molecule has 1 aliphatic heterocycles. The van der Waals surface area contributed by atoms with Gasteiger partial charge in [-0.05, 0) is 54.3 Å². The number of carboxylic acids is 1. The normalized spacial score (nSPS) is 18.7. The number of ether oxygens (including phenoxy) is 2. The van der Waals surface area contributed by atoms with E-state index in [2.05, 4.69) is 5.32 Å². The predicted octanol–water partition coefficient (Wildman–Crippen LogP) is 5.06. The molecular formula is C29H28N2O7. The van der Waals surface area contributed by atoms with Crippen LogP contribution in [0.15, 0.2) is 76.5 Å². The van der Waals surface area contributed by atoms with Crippen molar-refractivity contribution in [3.63, 3.8) is 0 Å². The molecule has 38 heavy (non-hydrogen) atoms. The van der Waals surface area contributed by atoms with Crippen LogP contribution in [0, 0.1) is 0 Å². The number of carbonyl (C=O) groups excluding carboxylic acids is 2. The summed E-state index contributed by atoms with van der Waals surface area (Å²) in [6.07, 6.45) is 1.70. The molecular weight excluding hydrogens is 488 g/mol. The van der Waals surface area contributed by atoms with Crippen molar-refractivity contribution in [3.05, 3.63) is 83.5 Å². The van der Waals surface area contributed by atoms with E-state index in [1.54, 1.807) is 38.5 Å². The van der Waals surface area contributed by atoms with Crippen molar-refractivity contribution < 1.29 is 33.4 Å². The SMILES string of the molecule is COc1ccc(C2CC(=O)C3=C(C2)Nc2ccccc2N(C(=O)CCC(=O)O)C3c2ccco2)cc1OC. The number of carbonyl (C=O) groups is 3. The van der Waals surface area contributed by atoms with Crippen molar-refractivity contribution in [2.75, 3.05) is 24.4 Å². The van der Waals surface area contributed by atoms with Crippen molar-refractivity contribution in [3.8, 4) is 11.5 Å². The quantitative estimate of drug-likeness (QED) is 0.447. The molecule has 2 aromatic carbocycles. The molecule has 2 N–H and O–H groups in total. The van der Waals surface area contributed by atoms with Gasteiger partial charge in [-0.3, -0.25) is 19.3 Å². The van der Waals surface area contributed by atoms with Gasteiger partial charge >= 0.3 is 5.97 Å². The van der Waals surface area contributed by atoms with Gasteiger partial charge in [0.05, 0.1) is 38.3 Å². The van der Waals surface area contributed by atoms with E-state index in [0.717, 1.165) is 5.56 Å². The standard InChI is InChI=1S/C29H28N2O7/c1-36-23-10-9-17(16-25(23)37-2)18-14-20-28(22(32)15-18)29(24-8-5-13-38-24)31(26(33)11-12-27(34)35)21-7-4-3-6-19(21)30-20/h3-10,13,16,18,29-30H,11-12,14-15H2,1-2H3,(H,34,35). The van der Waals surface area contributed by atoms with Crippen molar-refractivity contribution >= 4 is 29.0 Å². The number of nitrogens with one attached hydrogen (secondary N) is 1. The zero-order valence-electron chi connectivity index (χ0n) is 21.1. The number of benzene rings is 2. The van der Waals surface area contributed by atoms with Crippen LogP contribution >= 0.6 is 0 Å². The zero-order chi connectivity index (χ0) is 26.8. The fourth-order valence-electron chi connectivity index (χ4n) is 5.26. The highest BCUT2D eigenvalue weighted by atomic mass is 16.5. The fraction of sp³-hybridized carbons (Fsp3) is 0.276. The Balaban J connectivity index is 1.62. The summed E-state index contributed by atoms with van der Waals surface area (Å²) in [5.41, 5.74) is 3.28. The molecule has 2 unspecified atom stereocenters. The molecule has 196 valence electrons. The molecule has 3 aromatic rings. The Labute approximate surface area is 219 Å². The Morgan fingerprint density at radius 2 is 1.82 bits per heavy atom. The lowest BCUT2D eigenvalue weighted by molar-refractivity contribution is -0.138. The van der Waals surface area contributed by atoms with E-state index in [4.69, 9.17) is 13.9 Å². The van der Waals surface area contributed by atoms with E-state index in [1.165, 1.54) is 11.2 Å². The number of carboxylic acid groups (broad SMARTS) is 1. The van der Waals surface area contributed by atoms with Gasteiger partial charge in [0.2, 0.25) is 5.91 Å². The summed E-state index contributed by atoms with van der Waals surface area (Å²) >= 11 is 0. The van der Waals surface area contributed by atoms with Gasteiger partial charge in [0, 0.05) is 24.1 Å². The van der Waals surface area contributed by atoms with Crippen LogP contribution in [0.25, 0.3) is 0 Å². The van der Waals surface area contributed by atoms with Crippen LogP contribution in [-0.4, -0.2) is 37.0 Å². The third-order valence-corrected chi connectivity index (χ3v) is 7.00. The number of nitrogens with zero attached hydrogens (tertiary/aromatic N) is 1. The summed E-state index contributed by atoms with van der Waals surface area (Å²) in [5, 5.41) is 12.7. The number of aliphatic carboxylic acids is 1. The van der Waals surface area contributed by atoms with Crippen LogP contribution in [-0.2, 0) is 14.4 Å². The van der Waals surface area contributed by atoms with Gasteiger partial charge in [0.25, 0.3) is 0 Å². The first-order valence-electron chi connectivity index (χ1n) is 12.3. The number of fused-ring (bicyclic) bond motifs is 1. The van der Waals surface area contributed by atoms with Crippen molar-refractivity contribution in [2.45, 2.75) is 37.6 Å². The molecule has 2 atom stereocenters. The lowest BCUT2D eigenvalue weighted by Crippen LogP contribution is -2.38. The van der Waals surface area contributed by atoms with Crippen LogP contribution in [0.5, 0.6) is 11.5 Å². The molecule has 0 radical (unpaired) electrons. The van der Waals surface area contributed by atoms with Gasteiger partial charge < -0.3 is 24.3 Å². The highest BCUT2D eigenvalue weighted by Crippen LogP contribution is 2.48. The van der Waals surface area contributed by atoms with Crippen LogP contribution in [0.4, 0.5) is 11.4 Å². The van der Waals surface area contributed by atoms with Crippen molar-refractivity contribution in [1.29, 1.82) is 0 Å².